The third-order valence-electron chi connectivity index (χ3n) is 1.10. The molecule has 0 aromatic carbocycles. The molecule has 5 heteroatoms. The van der Waals surface area contributed by atoms with Crippen LogP contribution in [-0.2, 0) is 4.79 Å². The zero-order valence-electron chi connectivity index (χ0n) is 6.66. The van der Waals surface area contributed by atoms with Gasteiger partial charge in [-0.3, -0.25) is 9.79 Å². The molecule has 1 amide bonds. The maximum Gasteiger partial charge on any atom is 0.273 e. The molecule has 0 fully saturated rings. The molecule has 0 aliphatic carbocycles. The highest BCUT2D eigenvalue weighted by Gasteiger charge is 2.13. The Morgan fingerprint density at radius 2 is 2.00 bits per heavy atom. The molecule has 0 bridgehead atoms. The topological polar surface area (TPSA) is 81.9 Å². The summed E-state index contributed by atoms with van der Waals surface area (Å²) in [6, 6.07) is 0. The van der Waals surface area contributed by atoms with Gasteiger partial charge in [-0.25, -0.2) is 0 Å². The number of nitrogens with one attached hydrogen (secondary N) is 1. The van der Waals surface area contributed by atoms with E-state index in [1.165, 1.54) is 7.05 Å². The fourth-order valence-corrected chi connectivity index (χ4v) is 0.509. The second-order valence-corrected chi connectivity index (χ2v) is 1.88. The molecule has 0 saturated heterocycles. The number of hydrogen-bond donors (Lipinski definition) is 3. The van der Waals surface area contributed by atoms with E-state index in [1.807, 2.05) is 0 Å². The molecule has 0 atom stereocenters. The van der Waals surface area contributed by atoms with E-state index in [2.05, 4.69) is 23.6 Å². The van der Waals surface area contributed by atoms with Gasteiger partial charge >= 0.3 is 0 Å². The monoisotopic (exact) mass is 170 g/mol. The van der Waals surface area contributed by atoms with Gasteiger partial charge in [-0.15, -0.1) is 0 Å². The standard InChI is InChI=1S/C7H10N2O3/c1-4(10)6(11)5(8-2)7(12)9-3/h10-11H,1-2H2,3H3,(H,9,12)/b6-5+. The largest absolute Gasteiger partial charge is 0.505 e. The van der Waals surface area contributed by atoms with Crippen LogP contribution in [0.5, 0.6) is 0 Å². The SMILES string of the molecule is C=N/C(C(=O)NC)=C(/O)C(=C)O. The van der Waals surface area contributed by atoms with Crippen LogP contribution >= 0.6 is 0 Å². The maximum atomic E-state index is 10.9. The first kappa shape index (κ1) is 10.2. The molecular formula is C7H10N2O3. The lowest BCUT2D eigenvalue weighted by Gasteiger charge is -2.02. The predicted molar refractivity (Wildman–Crippen MR) is 45.0 cm³/mol. The van der Waals surface area contributed by atoms with Gasteiger partial charge in [-0.1, -0.05) is 6.58 Å². The number of carbonyl (C=O) groups excluding carboxylic acids is 1. The van der Waals surface area contributed by atoms with Crippen LogP contribution in [0.15, 0.2) is 28.8 Å². The lowest BCUT2D eigenvalue weighted by Crippen LogP contribution is -2.20. The van der Waals surface area contributed by atoms with Crippen LogP contribution in [0.25, 0.3) is 0 Å². The van der Waals surface area contributed by atoms with Crippen molar-refractivity contribution in [2.45, 2.75) is 0 Å². The third kappa shape index (κ3) is 2.12. The number of aliphatic imine (C=N–C) groups is 1. The first-order valence-electron chi connectivity index (χ1n) is 3.04. The molecule has 12 heavy (non-hydrogen) atoms. The molecule has 0 unspecified atom stereocenters. The first-order valence-corrected chi connectivity index (χ1v) is 3.04. The van der Waals surface area contributed by atoms with Crippen LogP contribution in [0.1, 0.15) is 0 Å². The molecule has 0 radical (unpaired) electrons. The molecule has 0 rings (SSSR count). The van der Waals surface area contributed by atoms with Crippen LogP contribution in [0, 0.1) is 0 Å². The van der Waals surface area contributed by atoms with Crippen molar-refractivity contribution in [2.75, 3.05) is 7.05 Å². The van der Waals surface area contributed by atoms with E-state index in [-0.39, 0.29) is 5.70 Å². The molecular weight excluding hydrogens is 160 g/mol. The van der Waals surface area contributed by atoms with Gasteiger partial charge in [-0.2, -0.15) is 0 Å². The molecule has 0 aliphatic heterocycles. The molecule has 0 spiro atoms. The zero-order valence-corrected chi connectivity index (χ0v) is 6.66. The van der Waals surface area contributed by atoms with Gasteiger partial charge in [0.1, 0.15) is 0 Å². The predicted octanol–water partition coefficient (Wildman–Crippen LogP) is 0.274. The minimum atomic E-state index is -0.677. The number of likely N-dealkylation sites (N-methyl/N-ethyl adjacent to an activating group) is 1. The fraction of sp³-hybridized carbons (Fsp3) is 0.143. The lowest BCUT2D eigenvalue weighted by atomic mass is 10.3. The van der Waals surface area contributed by atoms with E-state index in [4.69, 9.17) is 10.2 Å². The first-order chi connectivity index (χ1) is 5.54. The summed E-state index contributed by atoms with van der Waals surface area (Å²) in [5, 5.41) is 19.9. The summed E-state index contributed by atoms with van der Waals surface area (Å²) in [5.41, 5.74) is -0.356. The van der Waals surface area contributed by atoms with Crippen molar-refractivity contribution >= 4 is 12.6 Å². The number of rotatable bonds is 3. The smallest absolute Gasteiger partial charge is 0.273 e. The van der Waals surface area contributed by atoms with Crippen LogP contribution in [0.4, 0.5) is 0 Å². The van der Waals surface area contributed by atoms with E-state index >= 15 is 0 Å². The van der Waals surface area contributed by atoms with Crippen molar-refractivity contribution in [1.29, 1.82) is 0 Å². The summed E-state index contributed by atoms with van der Waals surface area (Å²) in [4.78, 5) is 14.1. The van der Waals surface area contributed by atoms with Gasteiger partial charge in [0.25, 0.3) is 5.91 Å². The van der Waals surface area contributed by atoms with Crippen molar-refractivity contribution < 1.29 is 15.0 Å². The van der Waals surface area contributed by atoms with Gasteiger partial charge in [0.15, 0.2) is 17.2 Å². The van der Waals surface area contributed by atoms with Crippen molar-refractivity contribution in [2.24, 2.45) is 4.99 Å². The highest BCUT2D eigenvalue weighted by molar-refractivity contribution is 5.94. The summed E-state index contributed by atoms with van der Waals surface area (Å²) in [6.45, 7) is 6.07. The van der Waals surface area contributed by atoms with Crippen LogP contribution in [0.2, 0.25) is 0 Å². The van der Waals surface area contributed by atoms with Gasteiger partial charge in [0.2, 0.25) is 0 Å². The van der Waals surface area contributed by atoms with E-state index in [0.717, 1.165) is 0 Å². The summed E-state index contributed by atoms with van der Waals surface area (Å²) >= 11 is 0. The van der Waals surface area contributed by atoms with Crippen molar-refractivity contribution in [3.8, 4) is 0 Å². The molecule has 0 saturated carbocycles. The van der Waals surface area contributed by atoms with Gasteiger partial charge in [0.05, 0.1) is 0 Å². The number of aliphatic hydroxyl groups is 2. The van der Waals surface area contributed by atoms with Gasteiger partial charge in [-0.05, 0) is 6.72 Å². The zero-order chi connectivity index (χ0) is 9.72. The molecule has 66 valence electrons. The second kappa shape index (κ2) is 4.17. The molecule has 0 aliphatic rings. The van der Waals surface area contributed by atoms with Gasteiger partial charge in [0, 0.05) is 7.05 Å². The average molecular weight is 170 g/mol. The minimum absolute atomic E-state index is 0.356. The average Bonchev–Trinajstić information content (AvgIpc) is 2.05. The second-order valence-electron chi connectivity index (χ2n) is 1.88. The van der Waals surface area contributed by atoms with E-state index in [9.17, 15) is 4.79 Å². The van der Waals surface area contributed by atoms with Gasteiger partial charge < -0.3 is 15.5 Å². The van der Waals surface area contributed by atoms with Crippen molar-refractivity contribution in [3.63, 3.8) is 0 Å². The summed E-state index contributed by atoms with van der Waals surface area (Å²) in [7, 11) is 1.36. The lowest BCUT2D eigenvalue weighted by molar-refractivity contribution is -0.117. The quantitative estimate of drug-likeness (QED) is 0.246. The summed E-state index contributed by atoms with van der Waals surface area (Å²) < 4.78 is 0. The number of amides is 1. The Hall–Kier alpha value is -1.78. The molecule has 0 aromatic heterocycles. The van der Waals surface area contributed by atoms with Crippen molar-refractivity contribution in [1.82, 2.24) is 5.32 Å². The number of carbonyl (C=O) groups is 1. The normalized spacial score (nSPS) is 11.4. The highest BCUT2D eigenvalue weighted by atomic mass is 16.3. The molecule has 5 nitrogen and oxygen atoms in total. The summed E-state index contributed by atoms with van der Waals surface area (Å²) in [5.74, 6) is -1.94. The number of aliphatic hydroxyl groups excluding tert-OH is 2. The Morgan fingerprint density at radius 1 is 1.50 bits per heavy atom. The van der Waals surface area contributed by atoms with E-state index < -0.39 is 17.4 Å². The molecule has 3 N–H and O–H groups in total. The van der Waals surface area contributed by atoms with Crippen LogP contribution in [0.3, 0.4) is 0 Å². The number of nitrogens with zero attached hydrogens (tertiary/aromatic N) is 1. The Kier molecular flexibility index (Phi) is 3.55. The Bertz CT molecular complexity index is 255. The van der Waals surface area contributed by atoms with Crippen molar-refractivity contribution in [3.05, 3.63) is 23.8 Å². The number of hydrogen-bond acceptors (Lipinski definition) is 4. The fourth-order valence-electron chi connectivity index (χ4n) is 0.509. The third-order valence-corrected chi connectivity index (χ3v) is 1.10. The highest BCUT2D eigenvalue weighted by Crippen LogP contribution is 2.08. The molecule has 0 aromatic rings. The molecule has 0 heterocycles. The maximum absolute atomic E-state index is 10.9. The van der Waals surface area contributed by atoms with E-state index in [0.29, 0.717) is 0 Å². The Labute approximate surface area is 69.7 Å². The Balaban J connectivity index is 4.99. The van der Waals surface area contributed by atoms with Crippen LogP contribution < -0.4 is 5.32 Å². The van der Waals surface area contributed by atoms with Crippen LogP contribution in [-0.4, -0.2) is 29.9 Å². The minimum Gasteiger partial charge on any atom is -0.505 e. The summed E-state index contributed by atoms with van der Waals surface area (Å²) in [6.07, 6.45) is 0. The Morgan fingerprint density at radius 3 is 2.25 bits per heavy atom. The van der Waals surface area contributed by atoms with E-state index in [1.54, 1.807) is 0 Å².